The predicted octanol–water partition coefficient (Wildman–Crippen LogP) is 1.99. The van der Waals surface area contributed by atoms with E-state index in [9.17, 15) is 4.79 Å². The summed E-state index contributed by atoms with van der Waals surface area (Å²) in [5, 5.41) is 2.68. The molecule has 0 bridgehead atoms. The highest BCUT2D eigenvalue weighted by atomic mass is 16.5. The lowest BCUT2D eigenvalue weighted by Crippen LogP contribution is -2.10. The van der Waals surface area contributed by atoms with E-state index in [1.54, 1.807) is 31.3 Å². The Morgan fingerprint density at radius 3 is 3.13 bits per heavy atom. The van der Waals surface area contributed by atoms with Crippen LogP contribution in [-0.2, 0) is 4.79 Å². The van der Waals surface area contributed by atoms with Crippen molar-refractivity contribution in [1.29, 1.82) is 0 Å². The number of amides is 1. The number of hydrogen-bond donors (Lipinski definition) is 1. The van der Waals surface area contributed by atoms with E-state index in [1.165, 1.54) is 6.08 Å². The van der Waals surface area contributed by atoms with Crippen LogP contribution in [0, 0.1) is 0 Å². The van der Waals surface area contributed by atoms with Crippen molar-refractivity contribution in [2.45, 2.75) is 13.8 Å². The highest BCUT2D eigenvalue weighted by molar-refractivity contribution is 5.99. The molecule has 0 aromatic carbocycles. The summed E-state index contributed by atoms with van der Waals surface area (Å²) in [7, 11) is 0. The molecule has 0 aliphatic carbocycles. The molecule has 1 aromatic rings. The van der Waals surface area contributed by atoms with E-state index in [2.05, 4.69) is 10.3 Å². The normalized spacial score (nSPS) is 10.3. The van der Waals surface area contributed by atoms with Crippen molar-refractivity contribution < 1.29 is 9.53 Å². The number of anilines is 1. The second-order valence-corrected chi connectivity index (χ2v) is 2.78. The van der Waals surface area contributed by atoms with Gasteiger partial charge in [-0.3, -0.25) is 4.79 Å². The zero-order valence-corrected chi connectivity index (χ0v) is 8.86. The lowest BCUT2D eigenvalue weighted by Gasteiger charge is -2.08. The summed E-state index contributed by atoms with van der Waals surface area (Å²) in [6.07, 6.45) is 4.74. The molecule has 15 heavy (non-hydrogen) atoms. The quantitative estimate of drug-likeness (QED) is 0.766. The Morgan fingerprint density at radius 1 is 1.67 bits per heavy atom. The van der Waals surface area contributed by atoms with E-state index in [-0.39, 0.29) is 5.91 Å². The number of carbonyl (C=O) groups excluding carboxylic acids is 1. The molecule has 0 radical (unpaired) electrons. The molecule has 0 saturated carbocycles. The van der Waals surface area contributed by atoms with Gasteiger partial charge in [0.15, 0.2) is 0 Å². The minimum atomic E-state index is -0.188. The maximum Gasteiger partial charge on any atom is 0.248 e. The summed E-state index contributed by atoms with van der Waals surface area (Å²) in [5.41, 5.74) is 0.586. The van der Waals surface area contributed by atoms with Crippen molar-refractivity contribution in [1.82, 2.24) is 4.98 Å². The molecule has 80 valence electrons. The molecule has 0 unspecified atom stereocenters. The van der Waals surface area contributed by atoms with Crippen molar-refractivity contribution in [3.05, 3.63) is 30.5 Å². The first kappa shape index (κ1) is 11.2. The smallest absolute Gasteiger partial charge is 0.248 e. The molecular weight excluding hydrogens is 192 g/mol. The third-order valence-corrected chi connectivity index (χ3v) is 1.63. The Hall–Kier alpha value is -1.84. The fraction of sp³-hybridized carbons (Fsp3) is 0.273. The SMILES string of the molecule is C/C=C/C(=O)Nc1cccnc1OCC. The molecule has 1 amide bonds. The van der Waals surface area contributed by atoms with Crippen molar-refractivity contribution in [3.8, 4) is 5.88 Å². The predicted molar refractivity (Wildman–Crippen MR) is 58.8 cm³/mol. The van der Waals surface area contributed by atoms with Gasteiger partial charge in [0.2, 0.25) is 11.8 Å². The standard InChI is InChI=1S/C11H14N2O2/c1-3-6-10(14)13-9-7-5-8-12-11(9)15-4-2/h3,5-8H,4H2,1-2H3,(H,13,14)/b6-3+. The van der Waals surface area contributed by atoms with Gasteiger partial charge in [-0.05, 0) is 32.1 Å². The molecule has 1 rings (SSSR count). The lowest BCUT2D eigenvalue weighted by atomic mass is 10.4. The summed E-state index contributed by atoms with van der Waals surface area (Å²) in [6.45, 7) is 4.17. The first-order valence-electron chi connectivity index (χ1n) is 4.79. The van der Waals surface area contributed by atoms with Crippen LogP contribution in [0.5, 0.6) is 5.88 Å². The molecular formula is C11H14N2O2. The maximum atomic E-state index is 11.3. The maximum absolute atomic E-state index is 11.3. The molecule has 0 atom stereocenters. The Bertz CT molecular complexity index is 361. The summed E-state index contributed by atoms with van der Waals surface area (Å²) in [6, 6.07) is 3.49. The summed E-state index contributed by atoms with van der Waals surface area (Å²) in [5.74, 6) is 0.254. The number of pyridine rings is 1. The van der Waals surface area contributed by atoms with E-state index >= 15 is 0 Å². The third kappa shape index (κ3) is 3.42. The van der Waals surface area contributed by atoms with Gasteiger partial charge in [-0.2, -0.15) is 0 Å². The molecule has 0 saturated heterocycles. The molecule has 0 spiro atoms. The van der Waals surface area contributed by atoms with Crippen LogP contribution in [0.2, 0.25) is 0 Å². The molecule has 0 aliphatic rings. The van der Waals surface area contributed by atoms with Crippen LogP contribution in [0.15, 0.2) is 30.5 Å². The van der Waals surface area contributed by atoms with Crippen LogP contribution in [-0.4, -0.2) is 17.5 Å². The minimum Gasteiger partial charge on any atom is -0.476 e. The zero-order chi connectivity index (χ0) is 11.1. The van der Waals surface area contributed by atoms with Crippen LogP contribution in [0.1, 0.15) is 13.8 Å². The van der Waals surface area contributed by atoms with Gasteiger partial charge < -0.3 is 10.1 Å². The van der Waals surface area contributed by atoms with Crippen LogP contribution in [0.4, 0.5) is 5.69 Å². The van der Waals surface area contributed by atoms with E-state index in [4.69, 9.17) is 4.74 Å². The topological polar surface area (TPSA) is 51.2 Å². The first-order chi connectivity index (χ1) is 7.27. The number of rotatable bonds is 4. The summed E-state index contributed by atoms with van der Waals surface area (Å²) in [4.78, 5) is 15.3. The molecule has 1 aromatic heterocycles. The van der Waals surface area contributed by atoms with Crippen LogP contribution in [0.3, 0.4) is 0 Å². The van der Waals surface area contributed by atoms with Gasteiger partial charge >= 0.3 is 0 Å². The number of carbonyl (C=O) groups is 1. The van der Waals surface area contributed by atoms with Gasteiger partial charge in [0, 0.05) is 6.20 Å². The average Bonchev–Trinajstić information content (AvgIpc) is 2.21. The first-order valence-corrected chi connectivity index (χ1v) is 4.79. The number of hydrogen-bond acceptors (Lipinski definition) is 3. The van der Waals surface area contributed by atoms with Crippen molar-refractivity contribution in [2.24, 2.45) is 0 Å². The van der Waals surface area contributed by atoms with E-state index in [0.717, 1.165) is 0 Å². The third-order valence-electron chi connectivity index (χ3n) is 1.63. The summed E-state index contributed by atoms with van der Waals surface area (Å²) < 4.78 is 5.27. The van der Waals surface area contributed by atoms with E-state index < -0.39 is 0 Å². The van der Waals surface area contributed by atoms with Gasteiger partial charge in [-0.25, -0.2) is 4.98 Å². The fourth-order valence-corrected chi connectivity index (χ4v) is 1.06. The molecule has 1 heterocycles. The lowest BCUT2D eigenvalue weighted by molar-refractivity contribution is -0.111. The fourth-order valence-electron chi connectivity index (χ4n) is 1.06. The second kappa shape index (κ2) is 5.80. The van der Waals surface area contributed by atoms with Crippen molar-refractivity contribution in [3.63, 3.8) is 0 Å². The number of allylic oxidation sites excluding steroid dienone is 1. The molecule has 0 fully saturated rings. The van der Waals surface area contributed by atoms with Gasteiger partial charge in [-0.15, -0.1) is 0 Å². The Kier molecular flexibility index (Phi) is 4.34. The van der Waals surface area contributed by atoms with E-state index in [0.29, 0.717) is 18.2 Å². The largest absolute Gasteiger partial charge is 0.476 e. The number of nitrogens with zero attached hydrogens (tertiary/aromatic N) is 1. The van der Waals surface area contributed by atoms with Crippen LogP contribution < -0.4 is 10.1 Å². The Balaban J connectivity index is 2.79. The second-order valence-electron chi connectivity index (χ2n) is 2.78. The van der Waals surface area contributed by atoms with Crippen molar-refractivity contribution in [2.75, 3.05) is 11.9 Å². The van der Waals surface area contributed by atoms with E-state index in [1.807, 2.05) is 6.92 Å². The van der Waals surface area contributed by atoms with Gasteiger partial charge in [-0.1, -0.05) is 6.08 Å². The molecule has 1 N–H and O–H groups in total. The van der Waals surface area contributed by atoms with Crippen LogP contribution in [0.25, 0.3) is 0 Å². The monoisotopic (exact) mass is 206 g/mol. The van der Waals surface area contributed by atoms with Gasteiger partial charge in [0.25, 0.3) is 0 Å². The van der Waals surface area contributed by atoms with Crippen molar-refractivity contribution >= 4 is 11.6 Å². The average molecular weight is 206 g/mol. The summed E-state index contributed by atoms with van der Waals surface area (Å²) >= 11 is 0. The Labute approximate surface area is 89.0 Å². The zero-order valence-electron chi connectivity index (χ0n) is 8.86. The van der Waals surface area contributed by atoms with Gasteiger partial charge in [0.1, 0.15) is 5.69 Å². The number of ether oxygens (including phenoxy) is 1. The highest BCUT2D eigenvalue weighted by Gasteiger charge is 2.05. The number of aromatic nitrogens is 1. The Morgan fingerprint density at radius 2 is 2.47 bits per heavy atom. The van der Waals surface area contributed by atoms with Crippen LogP contribution >= 0.6 is 0 Å². The molecule has 4 heteroatoms. The molecule has 4 nitrogen and oxygen atoms in total. The number of nitrogens with one attached hydrogen (secondary N) is 1. The highest BCUT2D eigenvalue weighted by Crippen LogP contribution is 2.20. The minimum absolute atomic E-state index is 0.188. The van der Waals surface area contributed by atoms with Gasteiger partial charge in [0.05, 0.1) is 6.61 Å². The molecule has 0 aliphatic heterocycles.